The van der Waals surface area contributed by atoms with Gasteiger partial charge < -0.3 is 10.4 Å². The molecule has 36 heavy (non-hydrogen) atoms. The maximum absolute atomic E-state index is 13.3. The number of hydrogen-bond acceptors (Lipinski definition) is 5. The van der Waals surface area contributed by atoms with Crippen molar-refractivity contribution in [2.45, 2.75) is 56.4 Å². The smallest absolute Gasteiger partial charge is 0.322 e. The normalized spacial score (nSPS) is 16.3. The summed E-state index contributed by atoms with van der Waals surface area (Å²) in [7, 11) is -3.25. The number of benzene rings is 2. The molecule has 1 aliphatic heterocycles. The van der Waals surface area contributed by atoms with Gasteiger partial charge in [-0.05, 0) is 72.4 Å². The van der Waals surface area contributed by atoms with E-state index in [1.54, 1.807) is 37.4 Å². The number of pyridine rings is 1. The molecule has 2 aliphatic rings. The lowest BCUT2D eigenvalue weighted by molar-refractivity contribution is 0.245. The van der Waals surface area contributed by atoms with Gasteiger partial charge in [-0.3, -0.25) is 4.90 Å². The lowest BCUT2D eigenvalue weighted by atomic mass is 9.80. The number of nitrogens with zero attached hydrogens (tertiary/aromatic N) is 2. The van der Waals surface area contributed by atoms with E-state index in [0.717, 1.165) is 59.2 Å². The van der Waals surface area contributed by atoms with Crippen LogP contribution in [0.4, 0.5) is 10.5 Å². The highest BCUT2D eigenvalue weighted by molar-refractivity contribution is 7.91. The number of fused-ring (bicyclic) bond motifs is 2. The van der Waals surface area contributed by atoms with Crippen LogP contribution >= 0.6 is 0 Å². The molecule has 1 fully saturated rings. The first kappa shape index (κ1) is 24.3. The minimum absolute atomic E-state index is 0.0146. The van der Waals surface area contributed by atoms with Crippen molar-refractivity contribution >= 4 is 21.6 Å². The number of urea groups is 1. The van der Waals surface area contributed by atoms with Gasteiger partial charge >= 0.3 is 6.03 Å². The van der Waals surface area contributed by atoms with Crippen LogP contribution < -0.4 is 10.2 Å². The number of hydrogen-bond donors (Lipinski definition) is 2. The van der Waals surface area contributed by atoms with Gasteiger partial charge in [0.25, 0.3) is 0 Å². The fourth-order valence-electron chi connectivity index (χ4n) is 5.64. The van der Waals surface area contributed by atoms with Gasteiger partial charge in [0.05, 0.1) is 10.6 Å². The summed E-state index contributed by atoms with van der Waals surface area (Å²) in [5, 5.41) is 13.4. The molecule has 1 saturated carbocycles. The molecule has 5 rings (SSSR count). The Hall–Kier alpha value is -3.39. The highest BCUT2D eigenvalue weighted by Gasteiger charge is 2.46. The Morgan fingerprint density at radius 1 is 1.11 bits per heavy atom. The second-order valence-corrected chi connectivity index (χ2v) is 12.1. The van der Waals surface area contributed by atoms with E-state index in [-0.39, 0.29) is 23.1 Å². The first-order chi connectivity index (χ1) is 17.2. The van der Waals surface area contributed by atoms with Crippen LogP contribution in [0.2, 0.25) is 0 Å². The molecule has 2 N–H and O–H groups in total. The van der Waals surface area contributed by atoms with Crippen molar-refractivity contribution in [2.24, 2.45) is 0 Å². The van der Waals surface area contributed by atoms with E-state index in [1.807, 2.05) is 30.0 Å². The average molecular weight is 506 g/mol. The molecule has 1 aliphatic carbocycles. The number of carbonyl (C=O) groups excluding carboxylic acids is 1. The summed E-state index contributed by atoms with van der Waals surface area (Å²) in [5.74, 6) is 0.0710. The van der Waals surface area contributed by atoms with E-state index in [0.29, 0.717) is 18.0 Å². The van der Waals surface area contributed by atoms with E-state index < -0.39 is 9.84 Å². The fourth-order valence-corrected chi connectivity index (χ4v) is 6.52. The van der Waals surface area contributed by atoms with Gasteiger partial charge in [-0.2, -0.15) is 0 Å². The number of rotatable bonds is 5. The van der Waals surface area contributed by atoms with Gasteiger partial charge in [0, 0.05) is 36.0 Å². The molecule has 1 aromatic heterocycles. The third-order valence-corrected chi connectivity index (χ3v) is 9.41. The van der Waals surface area contributed by atoms with Crippen molar-refractivity contribution in [3.63, 3.8) is 0 Å². The lowest BCUT2D eigenvalue weighted by Gasteiger charge is -2.25. The van der Waals surface area contributed by atoms with Crippen LogP contribution in [0.1, 0.15) is 49.3 Å². The zero-order valence-electron chi connectivity index (χ0n) is 20.6. The molecule has 3 aromatic rings. The molecule has 2 amide bonds. The first-order valence-corrected chi connectivity index (χ1v) is 14.1. The quantitative estimate of drug-likeness (QED) is 0.503. The number of nitrogens with one attached hydrogen (secondary N) is 1. The molecule has 0 atom stereocenters. The van der Waals surface area contributed by atoms with Gasteiger partial charge in [-0.15, -0.1) is 0 Å². The zero-order valence-corrected chi connectivity index (χ0v) is 21.4. The Balaban J connectivity index is 1.40. The van der Waals surface area contributed by atoms with Crippen LogP contribution in [-0.2, 0) is 21.8 Å². The molecule has 0 radical (unpaired) electrons. The van der Waals surface area contributed by atoms with Gasteiger partial charge in [0.15, 0.2) is 9.84 Å². The molecule has 0 saturated heterocycles. The topological polar surface area (TPSA) is 99.6 Å². The Morgan fingerprint density at radius 2 is 1.83 bits per heavy atom. The first-order valence-electron chi connectivity index (χ1n) is 12.4. The second-order valence-electron chi connectivity index (χ2n) is 9.84. The molecule has 7 nitrogen and oxygen atoms in total. The SMILES string of the molecule is CCS(=O)(=O)c1ccc(CNC(=O)N2CC3(CCCC3)c3cc(-c4c(C)ccnc4O)ccc32)cc1. The summed E-state index contributed by atoms with van der Waals surface area (Å²) in [6, 6.07) is 14.5. The minimum Gasteiger partial charge on any atom is -0.493 e. The average Bonchev–Trinajstić information content (AvgIpc) is 3.48. The van der Waals surface area contributed by atoms with Crippen LogP contribution in [0.5, 0.6) is 5.88 Å². The monoisotopic (exact) mass is 505 g/mol. The van der Waals surface area contributed by atoms with Gasteiger partial charge in [0.1, 0.15) is 0 Å². The fraction of sp³-hybridized carbons (Fsp3) is 0.357. The van der Waals surface area contributed by atoms with Gasteiger partial charge in [-0.1, -0.05) is 38.0 Å². The van der Waals surface area contributed by atoms with Crippen LogP contribution in [0.15, 0.2) is 59.6 Å². The van der Waals surface area contributed by atoms with Gasteiger partial charge in [-0.25, -0.2) is 18.2 Å². The van der Waals surface area contributed by atoms with E-state index in [1.165, 1.54) is 0 Å². The minimum atomic E-state index is -3.25. The maximum Gasteiger partial charge on any atom is 0.322 e. The van der Waals surface area contributed by atoms with Crippen molar-refractivity contribution in [3.8, 4) is 17.0 Å². The lowest BCUT2D eigenvalue weighted by Crippen LogP contribution is -2.41. The molecule has 2 heterocycles. The summed E-state index contributed by atoms with van der Waals surface area (Å²) in [5.41, 5.74) is 5.41. The molecular formula is C28H31N3O4S. The molecule has 8 heteroatoms. The number of aromatic nitrogens is 1. The number of aromatic hydroxyl groups is 1. The summed E-state index contributed by atoms with van der Waals surface area (Å²) in [6.45, 7) is 4.52. The molecule has 0 unspecified atom stereocenters. The summed E-state index contributed by atoms with van der Waals surface area (Å²) in [4.78, 5) is 19.5. The van der Waals surface area contributed by atoms with Crippen molar-refractivity contribution < 1.29 is 18.3 Å². The number of anilines is 1. The van der Waals surface area contributed by atoms with E-state index in [2.05, 4.69) is 16.4 Å². The number of aryl methyl sites for hydroxylation is 1. The van der Waals surface area contributed by atoms with E-state index >= 15 is 0 Å². The Morgan fingerprint density at radius 3 is 2.50 bits per heavy atom. The highest BCUT2D eigenvalue weighted by Crippen LogP contribution is 2.51. The summed E-state index contributed by atoms with van der Waals surface area (Å²) in [6.07, 6.45) is 5.91. The van der Waals surface area contributed by atoms with Crippen LogP contribution in [0.3, 0.4) is 0 Å². The zero-order chi connectivity index (χ0) is 25.5. The van der Waals surface area contributed by atoms with Crippen LogP contribution in [0.25, 0.3) is 11.1 Å². The Bertz CT molecular complexity index is 1390. The largest absolute Gasteiger partial charge is 0.493 e. The molecular weight excluding hydrogens is 474 g/mol. The van der Waals surface area contributed by atoms with Crippen molar-refractivity contribution in [1.82, 2.24) is 10.3 Å². The predicted octanol–water partition coefficient (Wildman–Crippen LogP) is 5.10. The second kappa shape index (κ2) is 9.24. The third kappa shape index (κ3) is 4.23. The Kier molecular flexibility index (Phi) is 6.24. The molecule has 1 spiro atoms. The number of amides is 2. The number of carbonyl (C=O) groups is 1. The molecule has 2 aromatic carbocycles. The number of sulfone groups is 1. The van der Waals surface area contributed by atoms with Crippen LogP contribution in [0, 0.1) is 6.92 Å². The Labute approximate surface area is 212 Å². The van der Waals surface area contributed by atoms with Crippen molar-refractivity contribution in [3.05, 3.63) is 71.4 Å². The standard InChI is InChI=1S/C28H31N3O4S/c1-3-36(34,35)22-9-6-20(7-10-22)17-30-27(33)31-18-28(13-4-5-14-28)23-16-21(8-11-24(23)31)25-19(2)12-15-29-26(25)32/h6-12,15-16H,3-5,13-14,17-18H2,1-2H3,(H,29,32)(H,30,33). The van der Waals surface area contributed by atoms with Crippen molar-refractivity contribution in [2.75, 3.05) is 17.2 Å². The summed E-state index contributed by atoms with van der Waals surface area (Å²) < 4.78 is 24.1. The molecule has 0 bridgehead atoms. The predicted molar refractivity (Wildman–Crippen MR) is 140 cm³/mol. The van der Waals surface area contributed by atoms with Crippen LogP contribution in [-0.4, -0.2) is 36.8 Å². The van der Waals surface area contributed by atoms with E-state index in [4.69, 9.17) is 0 Å². The van der Waals surface area contributed by atoms with E-state index in [9.17, 15) is 18.3 Å². The summed E-state index contributed by atoms with van der Waals surface area (Å²) >= 11 is 0. The molecule has 188 valence electrons. The van der Waals surface area contributed by atoms with Gasteiger partial charge in [0.2, 0.25) is 5.88 Å². The highest BCUT2D eigenvalue weighted by atomic mass is 32.2. The van der Waals surface area contributed by atoms with Crippen molar-refractivity contribution in [1.29, 1.82) is 0 Å². The third-order valence-electron chi connectivity index (χ3n) is 7.66. The maximum atomic E-state index is 13.3.